The van der Waals surface area contributed by atoms with E-state index < -0.39 is 17.8 Å². The summed E-state index contributed by atoms with van der Waals surface area (Å²) < 4.78 is 43.7. The van der Waals surface area contributed by atoms with Gasteiger partial charge in [0.15, 0.2) is 5.82 Å². The molecule has 0 spiro atoms. The molecule has 150 valence electrons. The average Bonchev–Trinajstić information content (AvgIpc) is 3.42. The maximum atomic E-state index is 12.8. The number of benzene rings is 2. The highest BCUT2D eigenvalue weighted by Gasteiger charge is 2.30. The van der Waals surface area contributed by atoms with E-state index in [1.165, 1.54) is 12.1 Å². The first-order valence-corrected chi connectivity index (χ1v) is 9.04. The largest absolute Gasteiger partial charge is 0.416 e. The molecular formula is C20H17F3N4O2. The minimum atomic E-state index is -4.48. The molecule has 3 aromatic rings. The second-order valence-corrected chi connectivity index (χ2v) is 6.81. The molecule has 1 aromatic heterocycles. The third-order valence-electron chi connectivity index (χ3n) is 4.48. The first kappa shape index (κ1) is 19.0. The number of aromatic nitrogens is 2. The predicted octanol–water partition coefficient (Wildman–Crippen LogP) is 5.20. The van der Waals surface area contributed by atoms with Crippen LogP contribution in [-0.2, 0) is 12.6 Å². The zero-order valence-corrected chi connectivity index (χ0v) is 15.2. The van der Waals surface area contributed by atoms with Gasteiger partial charge in [-0.1, -0.05) is 29.4 Å². The normalized spacial score (nSPS) is 13.9. The van der Waals surface area contributed by atoms with Crippen molar-refractivity contribution in [1.29, 1.82) is 0 Å². The number of amides is 2. The van der Waals surface area contributed by atoms with Crippen LogP contribution in [-0.4, -0.2) is 16.2 Å². The monoisotopic (exact) mass is 402 g/mol. The number of hydrogen-bond acceptors (Lipinski definition) is 4. The molecule has 1 heterocycles. The molecule has 0 saturated heterocycles. The number of anilines is 2. The minimum absolute atomic E-state index is 0.0424. The van der Waals surface area contributed by atoms with E-state index in [9.17, 15) is 18.0 Å². The lowest BCUT2D eigenvalue weighted by molar-refractivity contribution is -0.137. The van der Waals surface area contributed by atoms with Crippen molar-refractivity contribution in [1.82, 2.24) is 10.1 Å². The molecule has 2 amide bonds. The van der Waals surface area contributed by atoms with Gasteiger partial charge in [-0.05, 0) is 42.7 Å². The highest BCUT2D eigenvalue weighted by molar-refractivity contribution is 6.00. The molecule has 0 radical (unpaired) electrons. The second-order valence-electron chi connectivity index (χ2n) is 6.81. The van der Waals surface area contributed by atoms with Crippen molar-refractivity contribution in [2.24, 2.45) is 0 Å². The zero-order valence-electron chi connectivity index (χ0n) is 15.2. The molecule has 29 heavy (non-hydrogen) atoms. The van der Waals surface area contributed by atoms with E-state index in [1.54, 1.807) is 18.2 Å². The highest BCUT2D eigenvalue weighted by atomic mass is 19.4. The SMILES string of the molecule is O=C(Nc1cccc(C(F)(F)F)c1)Nc1ccccc1Cc1nc(C2CC2)no1. The third-order valence-corrected chi connectivity index (χ3v) is 4.48. The van der Waals surface area contributed by atoms with E-state index in [1.807, 2.05) is 6.07 Å². The van der Waals surface area contributed by atoms with E-state index in [4.69, 9.17) is 4.52 Å². The Bertz CT molecular complexity index is 1030. The number of hydrogen-bond donors (Lipinski definition) is 2. The van der Waals surface area contributed by atoms with Gasteiger partial charge in [0, 0.05) is 17.3 Å². The molecule has 0 aliphatic heterocycles. The van der Waals surface area contributed by atoms with Gasteiger partial charge in [-0.15, -0.1) is 0 Å². The van der Waals surface area contributed by atoms with Gasteiger partial charge in [-0.2, -0.15) is 18.2 Å². The lowest BCUT2D eigenvalue weighted by Crippen LogP contribution is -2.20. The van der Waals surface area contributed by atoms with Gasteiger partial charge in [0.25, 0.3) is 0 Å². The molecule has 0 bridgehead atoms. The average molecular weight is 402 g/mol. The number of para-hydroxylation sites is 1. The fourth-order valence-corrected chi connectivity index (χ4v) is 2.86. The first-order chi connectivity index (χ1) is 13.9. The van der Waals surface area contributed by atoms with Crippen LogP contribution >= 0.6 is 0 Å². The summed E-state index contributed by atoms with van der Waals surface area (Å²) in [6.07, 6.45) is -2.02. The van der Waals surface area contributed by atoms with Gasteiger partial charge >= 0.3 is 12.2 Å². The van der Waals surface area contributed by atoms with E-state index in [0.29, 0.717) is 29.7 Å². The van der Waals surface area contributed by atoms with E-state index in [0.717, 1.165) is 30.5 Å². The van der Waals surface area contributed by atoms with Crippen molar-refractivity contribution in [3.63, 3.8) is 0 Å². The zero-order chi connectivity index (χ0) is 20.4. The molecule has 1 aliphatic carbocycles. The molecule has 4 rings (SSSR count). The maximum absolute atomic E-state index is 12.8. The van der Waals surface area contributed by atoms with Gasteiger partial charge in [-0.25, -0.2) is 4.79 Å². The van der Waals surface area contributed by atoms with E-state index in [2.05, 4.69) is 20.8 Å². The molecule has 6 nitrogen and oxygen atoms in total. The van der Waals surface area contributed by atoms with Crippen LogP contribution in [0.4, 0.5) is 29.3 Å². The Morgan fingerprint density at radius 1 is 1.10 bits per heavy atom. The topological polar surface area (TPSA) is 80.0 Å². The first-order valence-electron chi connectivity index (χ1n) is 9.04. The van der Waals surface area contributed by atoms with Crippen LogP contribution in [0.5, 0.6) is 0 Å². The van der Waals surface area contributed by atoms with Gasteiger partial charge in [0.2, 0.25) is 5.89 Å². The summed E-state index contributed by atoms with van der Waals surface area (Å²) >= 11 is 0. The van der Waals surface area contributed by atoms with Crippen molar-refractivity contribution < 1.29 is 22.5 Å². The van der Waals surface area contributed by atoms with Crippen molar-refractivity contribution >= 4 is 17.4 Å². The van der Waals surface area contributed by atoms with Gasteiger partial charge in [0.05, 0.1) is 12.0 Å². The number of carbonyl (C=O) groups excluding carboxylic acids is 1. The van der Waals surface area contributed by atoms with Crippen molar-refractivity contribution in [3.05, 3.63) is 71.4 Å². The quantitative estimate of drug-likeness (QED) is 0.615. The van der Waals surface area contributed by atoms with Gasteiger partial charge < -0.3 is 15.2 Å². The summed E-state index contributed by atoms with van der Waals surface area (Å²) in [5, 5.41) is 9.05. The fourth-order valence-electron chi connectivity index (χ4n) is 2.86. The number of alkyl halides is 3. The fraction of sp³-hybridized carbons (Fsp3) is 0.250. The minimum Gasteiger partial charge on any atom is -0.339 e. The van der Waals surface area contributed by atoms with Crippen molar-refractivity contribution in [2.45, 2.75) is 31.4 Å². The van der Waals surface area contributed by atoms with Crippen LogP contribution in [0.25, 0.3) is 0 Å². The predicted molar refractivity (Wildman–Crippen MR) is 99.6 cm³/mol. The maximum Gasteiger partial charge on any atom is 0.416 e. The summed E-state index contributed by atoms with van der Waals surface area (Å²) in [4.78, 5) is 16.7. The van der Waals surface area contributed by atoms with Crippen LogP contribution in [0.15, 0.2) is 53.1 Å². The second kappa shape index (κ2) is 7.57. The van der Waals surface area contributed by atoms with Crippen LogP contribution in [0.3, 0.4) is 0 Å². The third kappa shape index (κ3) is 4.74. The molecule has 0 atom stereocenters. The highest BCUT2D eigenvalue weighted by Crippen LogP contribution is 2.38. The van der Waals surface area contributed by atoms with Crippen LogP contribution < -0.4 is 10.6 Å². The Morgan fingerprint density at radius 3 is 2.66 bits per heavy atom. The Kier molecular flexibility index (Phi) is 4.96. The number of halogens is 3. The Morgan fingerprint density at radius 2 is 1.90 bits per heavy atom. The molecule has 9 heteroatoms. The van der Waals surface area contributed by atoms with Crippen LogP contribution in [0.2, 0.25) is 0 Å². The summed E-state index contributed by atoms with van der Waals surface area (Å²) in [7, 11) is 0. The summed E-state index contributed by atoms with van der Waals surface area (Å²) in [6, 6.07) is 10.8. The molecule has 0 unspecified atom stereocenters. The Hall–Kier alpha value is -3.36. The molecule has 1 saturated carbocycles. The number of carbonyl (C=O) groups is 1. The van der Waals surface area contributed by atoms with Crippen molar-refractivity contribution in [3.8, 4) is 0 Å². The number of urea groups is 1. The van der Waals surface area contributed by atoms with Gasteiger partial charge in [-0.3, -0.25) is 0 Å². The lowest BCUT2D eigenvalue weighted by Gasteiger charge is -2.12. The van der Waals surface area contributed by atoms with Crippen molar-refractivity contribution in [2.75, 3.05) is 10.6 Å². The standard InChI is InChI=1S/C20H17F3N4O2/c21-20(22,23)14-5-3-6-15(11-14)24-19(28)25-16-7-2-1-4-13(16)10-17-26-18(27-29-17)12-8-9-12/h1-7,11-12H,8-10H2,(H2,24,25,28). The Balaban J connectivity index is 1.44. The number of nitrogens with zero attached hydrogens (tertiary/aromatic N) is 2. The molecule has 1 aliphatic rings. The lowest BCUT2D eigenvalue weighted by atomic mass is 10.1. The molecule has 1 fully saturated rings. The smallest absolute Gasteiger partial charge is 0.339 e. The molecule has 2 N–H and O–H groups in total. The van der Waals surface area contributed by atoms with E-state index >= 15 is 0 Å². The van der Waals surface area contributed by atoms with Crippen LogP contribution in [0, 0.1) is 0 Å². The summed E-state index contributed by atoms with van der Waals surface area (Å²) in [5.41, 5.74) is 0.459. The van der Waals surface area contributed by atoms with E-state index in [-0.39, 0.29) is 5.69 Å². The van der Waals surface area contributed by atoms with Crippen LogP contribution in [0.1, 0.15) is 41.6 Å². The summed E-state index contributed by atoms with van der Waals surface area (Å²) in [5.74, 6) is 1.52. The number of nitrogens with one attached hydrogen (secondary N) is 2. The molecule has 2 aromatic carbocycles. The van der Waals surface area contributed by atoms with Gasteiger partial charge in [0.1, 0.15) is 0 Å². The molecular weight excluding hydrogens is 385 g/mol. The Labute approximate surface area is 164 Å². The number of rotatable bonds is 5. The summed E-state index contributed by atoms with van der Waals surface area (Å²) in [6.45, 7) is 0.